The number of aromatic nitrogens is 2. The van der Waals surface area contributed by atoms with E-state index in [2.05, 4.69) is 16.6 Å². The number of nitrogens with two attached hydrogens (primary N) is 2. The molecule has 0 spiro atoms. The van der Waals surface area contributed by atoms with E-state index in [9.17, 15) is 0 Å². The molecule has 0 saturated heterocycles. The third-order valence-corrected chi connectivity index (χ3v) is 3.54. The van der Waals surface area contributed by atoms with Crippen LogP contribution in [0.25, 0.3) is 0 Å². The van der Waals surface area contributed by atoms with Crippen LogP contribution in [-0.4, -0.2) is 16.4 Å². The van der Waals surface area contributed by atoms with Gasteiger partial charge in [-0.25, -0.2) is 5.43 Å². The lowest BCUT2D eigenvalue weighted by Crippen LogP contribution is -2.29. The SMILES string of the molecule is Cn1ncc(C(NN)c2ccc3c(c2)CCO3)c1N. The minimum atomic E-state index is -0.167. The number of hydrazine groups is 1. The summed E-state index contributed by atoms with van der Waals surface area (Å²) < 4.78 is 7.14. The number of nitrogens with zero attached hydrogens (tertiary/aromatic N) is 2. The molecule has 19 heavy (non-hydrogen) atoms. The number of aryl methyl sites for hydroxylation is 1. The zero-order valence-corrected chi connectivity index (χ0v) is 10.8. The number of nitrogen functional groups attached to an aromatic ring is 1. The molecule has 1 aromatic carbocycles. The van der Waals surface area contributed by atoms with E-state index >= 15 is 0 Å². The molecule has 1 atom stereocenters. The van der Waals surface area contributed by atoms with Crippen molar-refractivity contribution in [2.45, 2.75) is 12.5 Å². The zero-order valence-electron chi connectivity index (χ0n) is 10.8. The van der Waals surface area contributed by atoms with Crippen LogP contribution >= 0.6 is 0 Å². The molecule has 2 heterocycles. The number of hydrogen-bond acceptors (Lipinski definition) is 5. The Hall–Kier alpha value is -2.05. The van der Waals surface area contributed by atoms with Crippen LogP contribution in [0.3, 0.4) is 0 Å². The van der Waals surface area contributed by atoms with Gasteiger partial charge in [-0.3, -0.25) is 10.5 Å². The summed E-state index contributed by atoms with van der Waals surface area (Å²) in [6.07, 6.45) is 2.67. The number of nitrogens with one attached hydrogen (secondary N) is 1. The van der Waals surface area contributed by atoms with Crippen molar-refractivity contribution in [2.75, 3.05) is 12.3 Å². The van der Waals surface area contributed by atoms with Gasteiger partial charge in [0.25, 0.3) is 0 Å². The van der Waals surface area contributed by atoms with E-state index in [-0.39, 0.29) is 6.04 Å². The highest BCUT2D eigenvalue weighted by molar-refractivity contribution is 5.48. The minimum absolute atomic E-state index is 0.167. The number of hydrogen-bond donors (Lipinski definition) is 3. The monoisotopic (exact) mass is 259 g/mol. The van der Waals surface area contributed by atoms with Crippen LogP contribution < -0.4 is 21.7 Å². The van der Waals surface area contributed by atoms with E-state index in [0.717, 1.165) is 29.9 Å². The van der Waals surface area contributed by atoms with Gasteiger partial charge in [-0.2, -0.15) is 5.10 Å². The quantitative estimate of drug-likeness (QED) is 0.551. The van der Waals surface area contributed by atoms with Crippen LogP contribution in [0, 0.1) is 0 Å². The maximum atomic E-state index is 6.01. The Morgan fingerprint density at radius 2 is 2.32 bits per heavy atom. The lowest BCUT2D eigenvalue weighted by Gasteiger charge is -2.16. The van der Waals surface area contributed by atoms with Gasteiger partial charge in [-0.05, 0) is 17.2 Å². The molecule has 6 heteroatoms. The van der Waals surface area contributed by atoms with Gasteiger partial charge in [0, 0.05) is 19.0 Å². The topological polar surface area (TPSA) is 91.1 Å². The number of anilines is 1. The Morgan fingerprint density at radius 1 is 1.47 bits per heavy atom. The highest BCUT2D eigenvalue weighted by atomic mass is 16.5. The number of rotatable bonds is 3. The van der Waals surface area contributed by atoms with Crippen LogP contribution in [0.4, 0.5) is 5.82 Å². The van der Waals surface area contributed by atoms with Crippen molar-refractivity contribution in [1.82, 2.24) is 15.2 Å². The highest BCUT2D eigenvalue weighted by Crippen LogP contribution is 2.31. The van der Waals surface area contributed by atoms with Crippen molar-refractivity contribution in [3.8, 4) is 5.75 Å². The van der Waals surface area contributed by atoms with Gasteiger partial charge in [0.2, 0.25) is 0 Å². The zero-order chi connectivity index (χ0) is 13.4. The number of fused-ring (bicyclic) bond motifs is 1. The first-order valence-electron chi connectivity index (χ1n) is 6.20. The van der Waals surface area contributed by atoms with Crippen LogP contribution in [-0.2, 0) is 13.5 Å². The molecule has 6 nitrogen and oxygen atoms in total. The predicted molar refractivity (Wildman–Crippen MR) is 72.4 cm³/mol. The van der Waals surface area contributed by atoms with Crippen molar-refractivity contribution < 1.29 is 4.74 Å². The molecule has 1 aliphatic rings. The molecule has 1 aliphatic heterocycles. The van der Waals surface area contributed by atoms with Crippen molar-refractivity contribution in [2.24, 2.45) is 12.9 Å². The lowest BCUT2D eigenvalue weighted by molar-refractivity contribution is 0.357. The average Bonchev–Trinajstić information content (AvgIpc) is 3.00. The molecule has 0 fully saturated rings. The first-order chi connectivity index (χ1) is 9.20. The second-order valence-electron chi connectivity index (χ2n) is 4.67. The molecule has 1 unspecified atom stereocenters. The molecule has 0 amide bonds. The van der Waals surface area contributed by atoms with Crippen LogP contribution in [0.1, 0.15) is 22.7 Å². The molecule has 2 aromatic rings. The van der Waals surface area contributed by atoms with E-state index in [1.54, 1.807) is 10.9 Å². The molecule has 0 bridgehead atoms. The van der Waals surface area contributed by atoms with E-state index in [1.807, 2.05) is 19.2 Å². The summed E-state index contributed by atoms with van der Waals surface area (Å²) in [4.78, 5) is 0. The Bertz CT molecular complexity index is 607. The Morgan fingerprint density at radius 3 is 3.00 bits per heavy atom. The Kier molecular flexibility index (Phi) is 2.88. The smallest absolute Gasteiger partial charge is 0.126 e. The maximum absolute atomic E-state index is 6.01. The molecule has 0 saturated carbocycles. The molecule has 3 rings (SSSR count). The normalized spacial score (nSPS) is 15.1. The summed E-state index contributed by atoms with van der Waals surface area (Å²) in [6.45, 7) is 0.745. The molecule has 0 aliphatic carbocycles. The van der Waals surface area contributed by atoms with Crippen molar-refractivity contribution in [3.63, 3.8) is 0 Å². The van der Waals surface area contributed by atoms with Gasteiger partial charge < -0.3 is 10.5 Å². The summed E-state index contributed by atoms with van der Waals surface area (Å²) in [5.41, 5.74) is 12.0. The second-order valence-corrected chi connectivity index (χ2v) is 4.67. The second kappa shape index (κ2) is 4.56. The van der Waals surface area contributed by atoms with E-state index in [0.29, 0.717) is 5.82 Å². The standard InChI is InChI=1S/C13H17N5O/c1-18-13(14)10(7-16-18)12(17-15)9-2-3-11-8(6-9)4-5-19-11/h2-3,6-7,12,17H,4-5,14-15H2,1H3. The van der Waals surface area contributed by atoms with Crippen molar-refractivity contribution in [1.29, 1.82) is 0 Å². The van der Waals surface area contributed by atoms with Gasteiger partial charge in [0.05, 0.1) is 18.8 Å². The van der Waals surface area contributed by atoms with Crippen LogP contribution in [0.5, 0.6) is 5.75 Å². The van der Waals surface area contributed by atoms with E-state index in [1.165, 1.54) is 5.56 Å². The first kappa shape index (κ1) is 12.0. The fraction of sp³-hybridized carbons (Fsp3) is 0.308. The number of ether oxygens (including phenoxy) is 1. The summed E-state index contributed by atoms with van der Waals surface area (Å²) >= 11 is 0. The summed E-state index contributed by atoms with van der Waals surface area (Å²) in [5, 5.41) is 4.15. The van der Waals surface area contributed by atoms with Crippen LogP contribution in [0.15, 0.2) is 24.4 Å². The van der Waals surface area contributed by atoms with Crippen molar-refractivity contribution in [3.05, 3.63) is 41.1 Å². The molecule has 100 valence electrons. The molecular formula is C13H17N5O. The summed E-state index contributed by atoms with van der Waals surface area (Å²) in [7, 11) is 1.81. The molecule has 0 radical (unpaired) electrons. The molecule has 5 N–H and O–H groups in total. The molecular weight excluding hydrogens is 242 g/mol. The Labute approximate surface area is 111 Å². The van der Waals surface area contributed by atoms with Gasteiger partial charge in [0.1, 0.15) is 11.6 Å². The third kappa shape index (κ3) is 1.94. The minimum Gasteiger partial charge on any atom is -0.493 e. The Balaban J connectivity index is 2.01. The third-order valence-electron chi connectivity index (χ3n) is 3.54. The van der Waals surface area contributed by atoms with E-state index in [4.69, 9.17) is 16.3 Å². The average molecular weight is 259 g/mol. The summed E-state index contributed by atoms with van der Waals surface area (Å²) in [5.74, 6) is 7.25. The van der Waals surface area contributed by atoms with Gasteiger partial charge >= 0.3 is 0 Å². The van der Waals surface area contributed by atoms with E-state index < -0.39 is 0 Å². The first-order valence-corrected chi connectivity index (χ1v) is 6.20. The fourth-order valence-corrected chi connectivity index (χ4v) is 2.44. The summed E-state index contributed by atoms with van der Waals surface area (Å²) in [6, 6.07) is 5.93. The lowest BCUT2D eigenvalue weighted by atomic mass is 9.98. The highest BCUT2D eigenvalue weighted by Gasteiger charge is 2.21. The maximum Gasteiger partial charge on any atom is 0.126 e. The van der Waals surface area contributed by atoms with Crippen molar-refractivity contribution >= 4 is 5.82 Å². The number of benzene rings is 1. The predicted octanol–water partition coefficient (Wildman–Crippen LogP) is 0.490. The van der Waals surface area contributed by atoms with Gasteiger partial charge in [0.15, 0.2) is 0 Å². The van der Waals surface area contributed by atoms with Gasteiger partial charge in [-0.1, -0.05) is 12.1 Å². The van der Waals surface area contributed by atoms with Crippen LogP contribution in [0.2, 0.25) is 0 Å². The fourth-order valence-electron chi connectivity index (χ4n) is 2.44. The largest absolute Gasteiger partial charge is 0.493 e. The van der Waals surface area contributed by atoms with Gasteiger partial charge in [-0.15, -0.1) is 0 Å². The molecule has 1 aromatic heterocycles.